The minimum absolute atomic E-state index is 0.0627. The SMILES string of the molecule is CCCCN(C)C(=O)c1ccc(N2CCN(c3cccc(C)c3C)CC2)nn1. The maximum Gasteiger partial charge on any atom is 0.274 e. The van der Waals surface area contributed by atoms with Crippen LogP contribution in [0.4, 0.5) is 11.5 Å². The summed E-state index contributed by atoms with van der Waals surface area (Å²) in [4.78, 5) is 18.8. The Kier molecular flexibility index (Phi) is 6.49. The van der Waals surface area contributed by atoms with E-state index in [1.54, 1.807) is 11.0 Å². The zero-order valence-corrected chi connectivity index (χ0v) is 17.5. The van der Waals surface area contributed by atoms with Crippen LogP contribution in [0.5, 0.6) is 0 Å². The van der Waals surface area contributed by atoms with Crippen LogP contribution in [0.3, 0.4) is 0 Å². The summed E-state index contributed by atoms with van der Waals surface area (Å²) in [6.45, 7) is 10.9. The molecule has 1 aromatic heterocycles. The van der Waals surface area contributed by atoms with Gasteiger partial charge in [-0.2, -0.15) is 0 Å². The van der Waals surface area contributed by atoms with Gasteiger partial charge in [0.15, 0.2) is 11.5 Å². The molecular formula is C22H31N5O. The normalized spacial score (nSPS) is 14.3. The lowest BCUT2D eigenvalue weighted by molar-refractivity contribution is 0.0786. The molecule has 1 saturated heterocycles. The van der Waals surface area contributed by atoms with Gasteiger partial charge in [0.2, 0.25) is 0 Å². The van der Waals surface area contributed by atoms with E-state index in [0.29, 0.717) is 5.69 Å². The first-order chi connectivity index (χ1) is 13.5. The second-order valence-electron chi connectivity index (χ2n) is 7.55. The quantitative estimate of drug-likeness (QED) is 0.768. The number of aryl methyl sites for hydroxylation is 1. The molecule has 2 heterocycles. The van der Waals surface area contributed by atoms with Gasteiger partial charge < -0.3 is 14.7 Å². The van der Waals surface area contributed by atoms with Gasteiger partial charge in [-0.25, -0.2) is 0 Å². The number of carbonyl (C=O) groups excluding carboxylic acids is 1. The third-order valence-electron chi connectivity index (χ3n) is 5.58. The monoisotopic (exact) mass is 381 g/mol. The molecule has 0 atom stereocenters. The van der Waals surface area contributed by atoms with Crippen molar-refractivity contribution in [3.63, 3.8) is 0 Å². The van der Waals surface area contributed by atoms with Gasteiger partial charge in [0, 0.05) is 45.5 Å². The van der Waals surface area contributed by atoms with Crippen LogP contribution in [0.15, 0.2) is 30.3 Å². The summed E-state index contributed by atoms with van der Waals surface area (Å²) in [5.41, 5.74) is 4.42. The molecular weight excluding hydrogens is 350 g/mol. The molecule has 1 fully saturated rings. The van der Waals surface area contributed by atoms with Crippen molar-refractivity contribution < 1.29 is 4.79 Å². The summed E-state index contributed by atoms with van der Waals surface area (Å²) in [5.74, 6) is 0.778. The fourth-order valence-corrected chi connectivity index (χ4v) is 3.55. The predicted octanol–water partition coefficient (Wildman–Crippen LogP) is 3.29. The number of amides is 1. The number of benzene rings is 1. The third kappa shape index (κ3) is 4.43. The number of piperazine rings is 1. The first kappa shape index (κ1) is 20.1. The van der Waals surface area contributed by atoms with E-state index in [9.17, 15) is 4.79 Å². The number of hydrogen-bond donors (Lipinski definition) is 0. The fraction of sp³-hybridized carbons (Fsp3) is 0.500. The van der Waals surface area contributed by atoms with E-state index in [1.165, 1.54) is 16.8 Å². The Morgan fingerprint density at radius 2 is 1.75 bits per heavy atom. The zero-order valence-electron chi connectivity index (χ0n) is 17.5. The Balaban J connectivity index is 1.60. The van der Waals surface area contributed by atoms with E-state index >= 15 is 0 Å². The van der Waals surface area contributed by atoms with Gasteiger partial charge >= 0.3 is 0 Å². The average molecular weight is 382 g/mol. The molecule has 0 N–H and O–H groups in total. The topological polar surface area (TPSA) is 52.6 Å². The van der Waals surface area contributed by atoms with Gasteiger partial charge in [-0.15, -0.1) is 10.2 Å². The van der Waals surface area contributed by atoms with Crippen molar-refractivity contribution in [1.29, 1.82) is 0 Å². The van der Waals surface area contributed by atoms with Crippen molar-refractivity contribution >= 4 is 17.4 Å². The first-order valence-corrected chi connectivity index (χ1v) is 10.2. The number of carbonyl (C=O) groups is 1. The van der Waals surface area contributed by atoms with Gasteiger partial charge in [0.25, 0.3) is 5.91 Å². The lowest BCUT2D eigenvalue weighted by Gasteiger charge is -2.37. The second kappa shape index (κ2) is 9.04. The van der Waals surface area contributed by atoms with Gasteiger partial charge in [0.1, 0.15) is 0 Å². The molecule has 2 aromatic rings. The van der Waals surface area contributed by atoms with Crippen LogP contribution < -0.4 is 9.80 Å². The van der Waals surface area contributed by atoms with Crippen molar-refractivity contribution in [2.45, 2.75) is 33.6 Å². The van der Waals surface area contributed by atoms with E-state index in [2.05, 4.69) is 59.0 Å². The van der Waals surface area contributed by atoms with Crippen molar-refractivity contribution in [3.05, 3.63) is 47.2 Å². The predicted molar refractivity (Wildman–Crippen MR) is 114 cm³/mol. The van der Waals surface area contributed by atoms with Crippen LogP contribution in [0.25, 0.3) is 0 Å². The molecule has 6 nitrogen and oxygen atoms in total. The summed E-state index contributed by atoms with van der Waals surface area (Å²) in [6.07, 6.45) is 2.06. The lowest BCUT2D eigenvalue weighted by Crippen LogP contribution is -2.47. The van der Waals surface area contributed by atoms with E-state index in [-0.39, 0.29) is 5.91 Å². The van der Waals surface area contributed by atoms with Gasteiger partial charge in [0.05, 0.1) is 0 Å². The molecule has 1 aromatic carbocycles. The van der Waals surface area contributed by atoms with E-state index in [4.69, 9.17) is 0 Å². The van der Waals surface area contributed by atoms with Crippen molar-refractivity contribution in [2.75, 3.05) is 49.6 Å². The molecule has 0 bridgehead atoms. The summed E-state index contributed by atoms with van der Waals surface area (Å²) in [5, 5.41) is 8.51. The molecule has 0 radical (unpaired) electrons. The first-order valence-electron chi connectivity index (χ1n) is 10.2. The summed E-state index contributed by atoms with van der Waals surface area (Å²) < 4.78 is 0. The van der Waals surface area contributed by atoms with Gasteiger partial charge in [-0.05, 0) is 49.6 Å². The van der Waals surface area contributed by atoms with Crippen molar-refractivity contribution in [1.82, 2.24) is 15.1 Å². The molecule has 1 aliphatic rings. The highest BCUT2D eigenvalue weighted by Crippen LogP contribution is 2.24. The highest BCUT2D eigenvalue weighted by molar-refractivity contribution is 5.92. The molecule has 0 aliphatic carbocycles. The molecule has 1 aliphatic heterocycles. The number of aromatic nitrogens is 2. The van der Waals surface area contributed by atoms with Crippen molar-refractivity contribution in [2.24, 2.45) is 0 Å². The Hall–Kier alpha value is -2.63. The molecule has 0 spiro atoms. The Labute approximate surface area is 168 Å². The zero-order chi connectivity index (χ0) is 20.1. The standard InChI is InChI=1S/C22H31N5O/c1-5-6-12-25(4)22(28)19-10-11-21(24-23-19)27-15-13-26(14-16-27)20-9-7-8-17(2)18(20)3/h7-11H,5-6,12-16H2,1-4H3. The van der Waals surface area contributed by atoms with E-state index < -0.39 is 0 Å². The van der Waals surface area contributed by atoms with E-state index in [1.807, 2.05) is 13.1 Å². The van der Waals surface area contributed by atoms with Crippen LogP contribution in [0, 0.1) is 13.8 Å². The Morgan fingerprint density at radius 1 is 1.04 bits per heavy atom. The maximum atomic E-state index is 12.4. The van der Waals surface area contributed by atoms with Crippen LogP contribution in [0.1, 0.15) is 41.4 Å². The number of hydrogen-bond acceptors (Lipinski definition) is 5. The molecule has 1 amide bonds. The summed E-state index contributed by atoms with van der Waals surface area (Å²) >= 11 is 0. The Bertz CT molecular complexity index is 797. The molecule has 3 rings (SSSR count). The second-order valence-corrected chi connectivity index (χ2v) is 7.55. The fourth-order valence-electron chi connectivity index (χ4n) is 3.55. The molecule has 0 saturated carbocycles. The van der Waals surface area contributed by atoms with Gasteiger partial charge in [-0.1, -0.05) is 25.5 Å². The summed E-state index contributed by atoms with van der Waals surface area (Å²) in [6, 6.07) is 10.2. The minimum atomic E-state index is -0.0627. The lowest BCUT2D eigenvalue weighted by atomic mass is 10.1. The Morgan fingerprint density at radius 3 is 2.39 bits per heavy atom. The highest BCUT2D eigenvalue weighted by Gasteiger charge is 2.21. The third-order valence-corrected chi connectivity index (χ3v) is 5.58. The van der Waals surface area contributed by atoms with Gasteiger partial charge in [-0.3, -0.25) is 4.79 Å². The molecule has 0 unspecified atom stereocenters. The summed E-state index contributed by atoms with van der Waals surface area (Å²) in [7, 11) is 1.82. The molecule has 6 heteroatoms. The highest BCUT2D eigenvalue weighted by atomic mass is 16.2. The molecule has 28 heavy (non-hydrogen) atoms. The molecule has 150 valence electrons. The largest absolute Gasteiger partial charge is 0.368 e. The maximum absolute atomic E-state index is 12.4. The minimum Gasteiger partial charge on any atom is -0.368 e. The number of unbranched alkanes of at least 4 members (excludes halogenated alkanes) is 1. The van der Waals surface area contributed by atoms with Crippen molar-refractivity contribution in [3.8, 4) is 0 Å². The number of anilines is 2. The van der Waals surface area contributed by atoms with Crippen LogP contribution in [-0.4, -0.2) is 60.8 Å². The van der Waals surface area contributed by atoms with Crippen LogP contribution in [0.2, 0.25) is 0 Å². The van der Waals surface area contributed by atoms with E-state index in [0.717, 1.165) is 51.4 Å². The van der Waals surface area contributed by atoms with Crippen LogP contribution >= 0.6 is 0 Å². The number of nitrogens with zero attached hydrogens (tertiary/aromatic N) is 5. The average Bonchev–Trinajstić information content (AvgIpc) is 2.73. The van der Waals surface area contributed by atoms with Crippen LogP contribution in [-0.2, 0) is 0 Å². The smallest absolute Gasteiger partial charge is 0.274 e. The number of rotatable bonds is 6.